The number of imidazole rings is 1. The van der Waals surface area contributed by atoms with Gasteiger partial charge >= 0.3 is 0 Å². The number of hydrogen-bond acceptors (Lipinski definition) is 8. The molecule has 4 rings (SSSR count). The third-order valence-electron chi connectivity index (χ3n) is 4.81. The fraction of sp³-hybridized carbons (Fsp3) is 0.250. The van der Waals surface area contributed by atoms with Gasteiger partial charge in [0.05, 0.1) is 39.4 Å². The second-order valence-corrected chi connectivity index (χ2v) is 10.9. The van der Waals surface area contributed by atoms with Crippen LogP contribution in [0.15, 0.2) is 36.4 Å². The second kappa shape index (κ2) is 9.02. The number of rotatable bonds is 8. The number of nitrogens with one attached hydrogen (secondary N) is 2. The maximum atomic E-state index is 12.4. The van der Waals surface area contributed by atoms with Crippen molar-refractivity contribution in [3.8, 4) is 0 Å². The van der Waals surface area contributed by atoms with E-state index in [2.05, 4.69) is 20.6 Å². The lowest BCUT2D eigenvalue weighted by Crippen LogP contribution is -2.30. The van der Waals surface area contributed by atoms with E-state index in [0.29, 0.717) is 27.2 Å². The van der Waals surface area contributed by atoms with Crippen molar-refractivity contribution >= 4 is 71.0 Å². The smallest absolute Gasteiger partial charge is 0.251 e. The van der Waals surface area contributed by atoms with Crippen LogP contribution in [0.4, 0.5) is 11.1 Å². The number of aryl methyl sites for hydroxylation is 1. The lowest BCUT2D eigenvalue weighted by molar-refractivity contribution is 0.0956. The molecule has 0 atom stereocenters. The minimum Gasteiger partial charge on any atom is -0.395 e. The van der Waals surface area contributed by atoms with Crippen molar-refractivity contribution < 1.29 is 18.3 Å². The van der Waals surface area contributed by atoms with Gasteiger partial charge in [0.2, 0.25) is 5.95 Å². The molecule has 0 saturated carbocycles. The number of hydrogen-bond donors (Lipinski definition) is 3. The van der Waals surface area contributed by atoms with Gasteiger partial charge in [-0.3, -0.25) is 4.79 Å². The summed E-state index contributed by atoms with van der Waals surface area (Å²) in [7, 11) is -1.53. The molecular formula is C20H20ClN5O4S2. The first-order chi connectivity index (χ1) is 15.3. The van der Waals surface area contributed by atoms with Crippen LogP contribution in [0.25, 0.3) is 21.3 Å². The van der Waals surface area contributed by atoms with Crippen molar-refractivity contribution in [1.82, 2.24) is 19.9 Å². The highest BCUT2D eigenvalue weighted by atomic mass is 35.5. The third kappa shape index (κ3) is 4.85. The molecule has 2 aromatic carbocycles. The van der Waals surface area contributed by atoms with Crippen molar-refractivity contribution in [2.75, 3.05) is 30.0 Å². The highest BCUT2D eigenvalue weighted by Crippen LogP contribution is 2.31. The molecule has 0 fully saturated rings. The van der Waals surface area contributed by atoms with Crippen LogP contribution in [0, 0.1) is 0 Å². The first kappa shape index (κ1) is 22.5. The summed E-state index contributed by atoms with van der Waals surface area (Å²) in [5, 5.41) is 15.9. The lowest BCUT2D eigenvalue weighted by Gasteiger charge is -2.06. The van der Waals surface area contributed by atoms with E-state index in [4.69, 9.17) is 16.7 Å². The topological polar surface area (TPSA) is 126 Å². The Morgan fingerprint density at radius 2 is 1.97 bits per heavy atom. The number of carbonyl (C=O) groups is 1. The van der Waals surface area contributed by atoms with Crippen LogP contribution in [0.1, 0.15) is 10.4 Å². The molecule has 0 bridgehead atoms. The van der Waals surface area contributed by atoms with E-state index in [0.717, 1.165) is 15.7 Å². The Bertz CT molecular complexity index is 1410. The van der Waals surface area contributed by atoms with Gasteiger partial charge in [0, 0.05) is 24.2 Å². The predicted octanol–water partition coefficient (Wildman–Crippen LogP) is 2.72. The number of amides is 1. The second-order valence-electron chi connectivity index (χ2n) is 7.09. The molecule has 1 amide bonds. The van der Waals surface area contributed by atoms with Crippen LogP contribution in [0.2, 0.25) is 5.02 Å². The number of aliphatic hydroxyl groups excluding tert-OH is 1. The van der Waals surface area contributed by atoms with E-state index >= 15 is 0 Å². The van der Waals surface area contributed by atoms with Gasteiger partial charge in [-0.2, -0.15) is 0 Å². The maximum absolute atomic E-state index is 12.4. The number of carbonyl (C=O) groups excluding carboxylic acids is 1. The minimum absolute atomic E-state index is 0.0319. The van der Waals surface area contributed by atoms with E-state index in [1.54, 1.807) is 24.3 Å². The van der Waals surface area contributed by atoms with Crippen LogP contribution in [-0.2, 0) is 16.9 Å². The summed E-state index contributed by atoms with van der Waals surface area (Å²) in [5.74, 6) is -0.376. The van der Waals surface area contributed by atoms with Crippen molar-refractivity contribution in [1.29, 1.82) is 0 Å². The fourth-order valence-electron chi connectivity index (χ4n) is 3.16. The Morgan fingerprint density at radius 1 is 1.16 bits per heavy atom. The molecule has 0 aliphatic carbocycles. The van der Waals surface area contributed by atoms with Crippen molar-refractivity contribution in [3.63, 3.8) is 0 Å². The molecule has 0 saturated heterocycles. The fourth-order valence-corrected chi connectivity index (χ4v) is 5.19. The lowest BCUT2D eigenvalue weighted by atomic mass is 10.2. The standard InChI is InChI=1S/C20H20ClN5O4S2/c1-26-16-5-2-12(18(28)22-6-8-32(29,30)9-7-27)10-15(16)23-19(26)25-20-24-14-4-3-13(21)11-17(14)31-20/h2-5,10-11,27H,6-9H2,1H3,(H,22,28)(H,23,24,25). The summed E-state index contributed by atoms with van der Waals surface area (Å²) in [6, 6.07) is 10.6. The highest BCUT2D eigenvalue weighted by molar-refractivity contribution is 7.91. The summed E-state index contributed by atoms with van der Waals surface area (Å²) in [5.41, 5.74) is 2.63. The zero-order valence-electron chi connectivity index (χ0n) is 17.0. The Hall–Kier alpha value is -2.73. The van der Waals surface area contributed by atoms with Crippen LogP contribution in [-0.4, -0.2) is 58.6 Å². The molecule has 2 aromatic heterocycles. The number of aliphatic hydroxyl groups is 1. The van der Waals surface area contributed by atoms with E-state index in [9.17, 15) is 13.2 Å². The summed E-state index contributed by atoms with van der Waals surface area (Å²) < 4.78 is 26.1. The van der Waals surface area contributed by atoms with E-state index < -0.39 is 22.4 Å². The molecule has 0 aliphatic heterocycles. The molecule has 168 valence electrons. The van der Waals surface area contributed by atoms with Crippen LogP contribution >= 0.6 is 22.9 Å². The predicted molar refractivity (Wildman–Crippen MR) is 127 cm³/mol. The van der Waals surface area contributed by atoms with Gasteiger partial charge in [0.1, 0.15) is 0 Å². The van der Waals surface area contributed by atoms with Gasteiger partial charge in [0.25, 0.3) is 5.91 Å². The molecule has 0 spiro atoms. The number of sulfone groups is 1. The van der Waals surface area contributed by atoms with Crippen molar-refractivity contribution in [2.24, 2.45) is 7.05 Å². The summed E-state index contributed by atoms with van der Waals surface area (Å²) in [4.78, 5) is 21.5. The zero-order chi connectivity index (χ0) is 22.9. The number of fused-ring (bicyclic) bond motifs is 2. The number of anilines is 2. The van der Waals surface area contributed by atoms with Crippen LogP contribution < -0.4 is 10.6 Å². The maximum Gasteiger partial charge on any atom is 0.251 e. The van der Waals surface area contributed by atoms with E-state index in [1.807, 2.05) is 23.7 Å². The van der Waals surface area contributed by atoms with Crippen LogP contribution in [0.5, 0.6) is 0 Å². The van der Waals surface area contributed by atoms with Gasteiger partial charge in [0.15, 0.2) is 15.0 Å². The van der Waals surface area contributed by atoms with E-state index in [1.165, 1.54) is 11.3 Å². The Labute approximate surface area is 193 Å². The minimum atomic E-state index is -3.39. The van der Waals surface area contributed by atoms with Gasteiger partial charge in [-0.05, 0) is 36.4 Å². The molecule has 4 aromatic rings. The SMILES string of the molecule is Cn1c(Nc2nc3ccc(Cl)cc3s2)nc2cc(C(=O)NCCS(=O)(=O)CCO)ccc21. The van der Waals surface area contributed by atoms with Crippen molar-refractivity contribution in [3.05, 3.63) is 47.0 Å². The summed E-state index contributed by atoms with van der Waals surface area (Å²) in [6.07, 6.45) is 0. The first-order valence-corrected chi connectivity index (χ1v) is 12.7. The summed E-state index contributed by atoms with van der Waals surface area (Å²) >= 11 is 7.50. The van der Waals surface area contributed by atoms with Crippen molar-refractivity contribution in [2.45, 2.75) is 0 Å². The average Bonchev–Trinajstić information content (AvgIpc) is 3.27. The Balaban J connectivity index is 1.50. The zero-order valence-corrected chi connectivity index (χ0v) is 19.4. The number of nitrogens with zero attached hydrogens (tertiary/aromatic N) is 3. The van der Waals surface area contributed by atoms with Gasteiger partial charge in [-0.25, -0.2) is 18.4 Å². The first-order valence-electron chi connectivity index (χ1n) is 9.65. The van der Waals surface area contributed by atoms with Gasteiger partial charge in [-0.15, -0.1) is 0 Å². The molecule has 0 radical (unpaired) electrons. The molecular weight excluding hydrogens is 474 g/mol. The van der Waals surface area contributed by atoms with Gasteiger partial charge in [-0.1, -0.05) is 22.9 Å². The summed E-state index contributed by atoms with van der Waals surface area (Å²) in [6.45, 7) is -0.469. The van der Waals surface area contributed by atoms with Gasteiger partial charge < -0.3 is 20.3 Å². The third-order valence-corrected chi connectivity index (χ3v) is 7.61. The molecule has 2 heterocycles. The number of halogens is 1. The number of aromatic nitrogens is 3. The normalized spacial score (nSPS) is 11.8. The molecule has 9 nitrogen and oxygen atoms in total. The Kier molecular flexibility index (Phi) is 6.33. The van der Waals surface area contributed by atoms with Crippen LogP contribution in [0.3, 0.4) is 0 Å². The highest BCUT2D eigenvalue weighted by Gasteiger charge is 2.15. The molecule has 3 N–H and O–H groups in total. The largest absolute Gasteiger partial charge is 0.395 e. The van der Waals surface area contributed by atoms with E-state index in [-0.39, 0.29) is 18.1 Å². The molecule has 32 heavy (non-hydrogen) atoms. The molecule has 0 aliphatic rings. The molecule has 12 heteroatoms. The average molecular weight is 494 g/mol. The molecule has 0 unspecified atom stereocenters. The Morgan fingerprint density at radius 3 is 2.75 bits per heavy atom. The quantitative estimate of drug-likeness (QED) is 0.344. The number of benzene rings is 2. The monoisotopic (exact) mass is 493 g/mol. The number of thiazole rings is 1.